The molecular weight excluding hydrogens is 345 g/mol. The third-order valence-electron chi connectivity index (χ3n) is 4.46. The molecule has 0 radical (unpaired) electrons. The van der Waals surface area contributed by atoms with E-state index in [1.807, 2.05) is 26.8 Å². The maximum Gasteiger partial charge on any atom is 0.291 e. The third kappa shape index (κ3) is 3.79. The highest BCUT2D eigenvalue weighted by Crippen LogP contribution is 2.34. The van der Waals surface area contributed by atoms with E-state index >= 15 is 0 Å². The largest absolute Gasteiger partial charge is 0.448 e. The Labute approximate surface area is 158 Å². The summed E-state index contributed by atoms with van der Waals surface area (Å²) in [6, 6.07) is 6.62. The Kier molecular flexibility index (Phi) is 5.74. The van der Waals surface area contributed by atoms with Crippen molar-refractivity contribution in [3.63, 3.8) is 0 Å². The van der Waals surface area contributed by atoms with Crippen LogP contribution in [0.5, 0.6) is 0 Å². The van der Waals surface area contributed by atoms with Gasteiger partial charge in [0, 0.05) is 25.5 Å². The molecule has 2 aromatic heterocycles. The normalized spacial score (nSPS) is 13.4. The average Bonchev–Trinajstić information content (AvgIpc) is 3.34. The van der Waals surface area contributed by atoms with Gasteiger partial charge in [-0.3, -0.25) is 9.78 Å². The second-order valence-electron chi connectivity index (χ2n) is 6.29. The summed E-state index contributed by atoms with van der Waals surface area (Å²) in [4.78, 5) is 18.7. The highest BCUT2D eigenvalue weighted by molar-refractivity contribution is 6.07. The number of fused-ring (bicyclic) bond motifs is 1. The van der Waals surface area contributed by atoms with Gasteiger partial charge in [-0.25, -0.2) is 4.39 Å². The summed E-state index contributed by atoms with van der Waals surface area (Å²) < 4.78 is 20.1. The molecule has 27 heavy (non-hydrogen) atoms. The molecule has 0 bridgehead atoms. The number of hydrogen-bond acceptors (Lipinski definition) is 4. The molecular formula is C21H24FN3O2. The van der Waals surface area contributed by atoms with Crippen molar-refractivity contribution in [2.45, 2.75) is 33.6 Å². The molecule has 1 aromatic carbocycles. The first-order chi connectivity index (χ1) is 13.1. The zero-order valence-electron chi connectivity index (χ0n) is 15.9. The van der Waals surface area contributed by atoms with Crippen LogP contribution in [0.2, 0.25) is 0 Å². The van der Waals surface area contributed by atoms with E-state index in [0.29, 0.717) is 35.4 Å². The summed E-state index contributed by atoms with van der Waals surface area (Å²) in [5.74, 6) is -0.355. The number of nitrogens with one attached hydrogen (secondary N) is 1. The zero-order chi connectivity index (χ0) is 19.4. The quantitative estimate of drug-likeness (QED) is 0.682. The van der Waals surface area contributed by atoms with Gasteiger partial charge in [0.25, 0.3) is 5.91 Å². The molecule has 3 aromatic rings. The molecule has 1 amide bonds. The minimum Gasteiger partial charge on any atom is -0.448 e. The van der Waals surface area contributed by atoms with E-state index in [0.717, 1.165) is 18.4 Å². The number of pyridine rings is 1. The van der Waals surface area contributed by atoms with Gasteiger partial charge < -0.3 is 14.6 Å². The molecule has 0 unspecified atom stereocenters. The van der Waals surface area contributed by atoms with Crippen LogP contribution in [-0.2, 0) is 0 Å². The maximum atomic E-state index is 14.3. The summed E-state index contributed by atoms with van der Waals surface area (Å²) in [6.07, 6.45) is 5.20. The summed E-state index contributed by atoms with van der Waals surface area (Å²) in [6.45, 7) is 7.26. The van der Waals surface area contributed by atoms with Gasteiger partial charge in [0.05, 0.1) is 11.1 Å². The number of likely N-dealkylation sites (tertiary alicyclic amines) is 1. The number of carbonyl (C=O) groups excluding carboxylic acids is 1. The number of aryl methyl sites for hydroxylation is 1. The van der Waals surface area contributed by atoms with Gasteiger partial charge in [-0.2, -0.15) is 0 Å². The monoisotopic (exact) mass is 369 g/mol. The number of anilines is 2. The van der Waals surface area contributed by atoms with Crippen LogP contribution in [0.1, 0.15) is 42.8 Å². The molecule has 142 valence electrons. The highest BCUT2D eigenvalue weighted by atomic mass is 19.1. The van der Waals surface area contributed by atoms with Gasteiger partial charge in [0.1, 0.15) is 17.1 Å². The van der Waals surface area contributed by atoms with Crippen molar-refractivity contribution in [2.75, 3.05) is 18.4 Å². The number of aromatic nitrogens is 1. The molecule has 1 aliphatic rings. The number of nitrogens with zero attached hydrogens (tertiary/aromatic N) is 2. The third-order valence-corrected chi connectivity index (χ3v) is 4.46. The van der Waals surface area contributed by atoms with Crippen LogP contribution < -0.4 is 5.32 Å². The molecule has 4 rings (SSSR count). The lowest BCUT2D eigenvalue weighted by molar-refractivity contribution is 0.0765. The van der Waals surface area contributed by atoms with Crippen LogP contribution in [0.4, 0.5) is 15.8 Å². The second-order valence-corrected chi connectivity index (χ2v) is 6.29. The van der Waals surface area contributed by atoms with Crippen molar-refractivity contribution >= 4 is 28.3 Å². The number of benzene rings is 1. The molecule has 1 saturated heterocycles. The molecule has 1 N–H and O–H groups in total. The predicted octanol–water partition coefficient (Wildman–Crippen LogP) is 5.28. The lowest BCUT2D eigenvalue weighted by atomic mass is 10.2. The van der Waals surface area contributed by atoms with Crippen LogP contribution in [0.3, 0.4) is 0 Å². The maximum absolute atomic E-state index is 14.3. The predicted molar refractivity (Wildman–Crippen MR) is 105 cm³/mol. The first kappa shape index (κ1) is 18.9. The van der Waals surface area contributed by atoms with E-state index in [4.69, 9.17) is 4.42 Å². The summed E-state index contributed by atoms with van der Waals surface area (Å²) in [7, 11) is 0. The number of furan rings is 1. The molecule has 5 nitrogen and oxygen atoms in total. The fourth-order valence-electron chi connectivity index (χ4n) is 3.14. The van der Waals surface area contributed by atoms with Gasteiger partial charge in [0.15, 0.2) is 0 Å². The van der Waals surface area contributed by atoms with E-state index in [2.05, 4.69) is 10.3 Å². The van der Waals surface area contributed by atoms with Crippen molar-refractivity contribution in [1.29, 1.82) is 0 Å². The number of rotatable bonds is 3. The summed E-state index contributed by atoms with van der Waals surface area (Å²) >= 11 is 0. The lowest BCUT2D eigenvalue weighted by Crippen LogP contribution is -2.27. The Bertz CT molecular complexity index is 946. The fraction of sp³-hybridized carbons (Fsp3) is 0.333. The highest BCUT2D eigenvalue weighted by Gasteiger charge is 2.27. The second kappa shape index (κ2) is 8.20. The van der Waals surface area contributed by atoms with Gasteiger partial charge in [-0.1, -0.05) is 19.9 Å². The Morgan fingerprint density at radius 2 is 1.96 bits per heavy atom. The van der Waals surface area contributed by atoms with E-state index in [1.165, 1.54) is 6.07 Å². The van der Waals surface area contributed by atoms with Crippen LogP contribution in [-0.4, -0.2) is 28.9 Å². The van der Waals surface area contributed by atoms with Gasteiger partial charge in [-0.05, 0) is 43.5 Å². The van der Waals surface area contributed by atoms with Crippen molar-refractivity contribution in [3.8, 4) is 0 Å². The molecule has 1 aliphatic heterocycles. The first-order valence-electron chi connectivity index (χ1n) is 9.32. The van der Waals surface area contributed by atoms with Crippen LogP contribution in [0.25, 0.3) is 11.0 Å². The summed E-state index contributed by atoms with van der Waals surface area (Å²) in [5, 5.41) is 3.70. The van der Waals surface area contributed by atoms with Crippen molar-refractivity contribution in [3.05, 3.63) is 53.8 Å². The topological polar surface area (TPSA) is 58.4 Å². The Morgan fingerprint density at radius 1 is 1.22 bits per heavy atom. The molecule has 0 aliphatic carbocycles. The minimum absolute atomic E-state index is 0.177. The Hall–Kier alpha value is -2.89. The molecule has 0 spiro atoms. The fourth-order valence-corrected chi connectivity index (χ4v) is 3.14. The molecule has 3 heterocycles. The van der Waals surface area contributed by atoms with E-state index in [9.17, 15) is 9.18 Å². The molecule has 0 atom stereocenters. The van der Waals surface area contributed by atoms with E-state index in [1.54, 1.807) is 29.4 Å². The zero-order valence-corrected chi connectivity index (χ0v) is 15.9. The standard InChI is InChI=1S/C19H18FN3O2.C2H6/c1-12-4-5-15(14(20)10-12)22-17-13-11-21-7-6-16(13)25-18(17)19(24)23-8-2-3-9-23;1-2/h4-7,10-11,22H,2-3,8-9H2,1H3;1-2H3. The Morgan fingerprint density at radius 3 is 2.67 bits per heavy atom. The van der Waals surface area contributed by atoms with Gasteiger partial charge >= 0.3 is 0 Å². The average molecular weight is 369 g/mol. The molecule has 6 heteroatoms. The molecule has 0 saturated carbocycles. The number of halogens is 1. The minimum atomic E-state index is -0.377. The SMILES string of the molecule is CC.Cc1ccc(Nc2c(C(=O)N3CCCC3)oc3ccncc23)c(F)c1. The summed E-state index contributed by atoms with van der Waals surface area (Å²) in [5.41, 5.74) is 2.14. The van der Waals surface area contributed by atoms with Gasteiger partial charge in [-0.15, -0.1) is 0 Å². The number of carbonyl (C=O) groups is 1. The van der Waals surface area contributed by atoms with Crippen LogP contribution in [0, 0.1) is 12.7 Å². The van der Waals surface area contributed by atoms with Gasteiger partial charge in [0.2, 0.25) is 5.76 Å². The Balaban J connectivity index is 0.00000102. The van der Waals surface area contributed by atoms with Crippen molar-refractivity contribution < 1.29 is 13.6 Å². The number of hydrogen-bond donors (Lipinski definition) is 1. The first-order valence-corrected chi connectivity index (χ1v) is 9.32. The number of amides is 1. The van der Waals surface area contributed by atoms with Crippen LogP contribution in [0.15, 0.2) is 41.1 Å². The lowest BCUT2D eigenvalue weighted by Gasteiger charge is -2.15. The van der Waals surface area contributed by atoms with E-state index in [-0.39, 0.29) is 17.5 Å². The van der Waals surface area contributed by atoms with Crippen LogP contribution >= 0.6 is 0 Å². The molecule has 1 fully saturated rings. The van der Waals surface area contributed by atoms with Crippen molar-refractivity contribution in [2.24, 2.45) is 0 Å². The van der Waals surface area contributed by atoms with E-state index < -0.39 is 0 Å². The smallest absolute Gasteiger partial charge is 0.291 e. The van der Waals surface area contributed by atoms with Crippen molar-refractivity contribution in [1.82, 2.24) is 9.88 Å².